The third-order valence-corrected chi connectivity index (χ3v) is 3.15. The molecular weight excluding hydrogens is 240 g/mol. The highest BCUT2D eigenvalue weighted by atomic mass is 16.6. The Morgan fingerprint density at radius 3 is 2.53 bits per heavy atom. The van der Waals surface area contributed by atoms with Crippen LogP contribution in [0.25, 0.3) is 0 Å². The summed E-state index contributed by atoms with van der Waals surface area (Å²) in [7, 11) is 0. The Balaban J connectivity index is 2.03. The number of carbonyl (C=O) groups excluding carboxylic acids is 1. The van der Waals surface area contributed by atoms with Gasteiger partial charge in [-0.25, -0.2) is 4.79 Å². The average molecular weight is 268 g/mol. The SMILES string of the molecule is CC1CCC(NC/C=C/CNC(=O)OC(C)(C)C)C1. The van der Waals surface area contributed by atoms with Gasteiger partial charge >= 0.3 is 6.09 Å². The van der Waals surface area contributed by atoms with Crippen molar-refractivity contribution < 1.29 is 9.53 Å². The molecule has 1 amide bonds. The number of ether oxygens (including phenoxy) is 1. The standard InChI is InChI=1S/C15H28N2O2/c1-12-7-8-13(11-12)16-9-5-6-10-17-14(18)19-15(2,3)4/h5-6,12-13,16H,7-11H2,1-4H3,(H,17,18)/b6-5+. The molecule has 4 nitrogen and oxygen atoms in total. The zero-order valence-corrected chi connectivity index (χ0v) is 12.7. The smallest absolute Gasteiger partial charge is 0.407 e. The molecule has 0 bridgehead atoms. The summed E-state index contributed by atoms with van der Waals surface area (Å²) in [5.74, 6) is 0.857. The summed E-state index contributed by atoms with van der Waals surface area (Å²) in [6.45, 7) is 9.26. The zero-order valence-electron chi connectivity index (χ0n) is 12.7. The first-order valence-electron chi connectivity index (χ1n) is 7.22. The quantitative estimate of drug-likeness (QED) is 0.754. The van der Waals surface area contributed by atoms with E-state index in [1.54, 1.807) is 0 Å². The second-order valence-electron chi connectivity index (χ2n) is 6.38. The summed E-state index contributed by atoms with van der Waals surface area (Å²) in [5.41, 5.74) is -0.436. The van der Waals surface area contributed by atoms with Gasteiger partial charge in [-0.1, -0.05) is 19.1 Å². The molecule has 1 fully saturated rings. The fourth-order valence-corrected chi connectivity index (χ4v) is 2.25. The summed E-state index contributed by atoms with van der Waals surface area (Å²) in [6.07, 6.45) is 7.54. The van der Waals surface area contributed by atoms with Crippen molar-refractivity contribution in [3.8, 4) is 0 Å². The van der Waals surface area contributed by atoms with E-state index >= 15 is 0 Å². The van der Waals surface area contributed by atoms with Gasteiger partial charge in [0, 0.05) is 19.1 Å². The lowest BCUT2D eigenvalue weighted by atomic mass is 10.1. The Bertz CT molecular complexity index is 308. The molecule has 2 N–H and O–H groups in total. The first-order chi connectivity index (χ1) is 8.87. The summed E-state index contributed by atoms with van der Waals surface area (Å²) < 4.78 is 5.14. The van der Waals surface area contributed by atoms with Gasteiger partial charge < -0.3 is 15.4 Å². The van der Waals surface area contributed by atoms with Crippen LogP contribution in [0.3, 0.4) is 0 Å². The molecular formula is C15H28N2O2. The van der Waals surface area contributed by atoms with Crippen LogP contribution in [-0.2, 0) is 4.74 Å². The van der Waals surface area contributed by atoms with E-state index in [1.807, 2.05) is 26.8 Å². The van der Waals surface area contributed by atoms with Crippen LogP contribution in [0, 0.1) is 5.92 Å². The van der Waals surface area contributed by atoms with Gasteiger partial charge in [-0.2, -0.15) is 0 Å². The highest BCUT2D eigenvalue weighted by molar-refractivity contribution is 5.67. The average Bonchev–Trinajstić information content (AvgIpc) is 2.67. The van der Waals surface area contributed by atoms with E-state index < -0.39 is 5.60 Å². The fourth-order valence-electron chi connectivity index (χ4n) is 2.25. The molecule has 2 unspecified atom stereocenters. The van der Waals surface area contributed by atoms with Gasteiger partial charge in [-0.05, 0) is 46.0 Å². The maximum atomic E-state index is 11.4. The number of carbonyl (C=O) groups is 1. The Morgan fingerprint density at radius 2 is 1.95 bits per heavy atom. The normalized spacial score (nSPS) is 23.8. The number of nitrogens with one attached hydrogen (secondary N) is 2. The Labute approximate surface area is 117 Å². The molecule has 1 saturated carbocycles. The lowest BCUT2D eigenvalue weighted by molar-refractivity contribution is 0.0534. The van der Waals surface area contributed by atoms with Crippen molar-refractivity contribution in [3.05, 3.63) is 12.2 Å². The Morgan fingerprint density at radius 1 is 1.26 bits per heavy atom. The molecule has 1 rings (SSSR count). The number of rotatable bonds is 5. The van der Waals surface area contributed by atoms with Crippen LogP contribution in [0.2, 0.25) is 0 Å². The number of hydrogen-bond acceptors (Lipinski definition) is 3. The van der Waals surface area contributed by atoms with Gasteiger partial charge in [0.15, 0.2) is 0 Å². The van der Waals surface area contributed by atoms with Crippen molar-refractivity contribution in [2.45, 2.75) is 58.6 Å². The first kappa shape index (κ1) is 16.0. The largest absolute Gasteiger partial charge is 0.444 e. The molecule has 1 aliphatic rings. The Kier molecular flexibility index (Phi) is 6.35. The van der Waals surface area contributed by atoms with Crippen LogP contribution in [0.5, 0.6) is 0 Å². The Hall–Kier alpha value is -1.03. The predicted octanol–water partition coefficient (Wildman–Crippen LogP) is 2.85. The maximum absolute atomic E-state index is 11.4. The molecule has 110 valence electrons. The number of hydrogen-bond donors (Lipinski definition) is 2. The van der Waals surface area contributed by atoms with Gasteiger partial charge in [0.05, 0.1) is 0 Å². The van der Waals surface area contributed by atoms with E-state index in [0.717, 1.165) is 12.5 Å². The molecule has 0 spiro atoms. The monoisotopic (exact) mass is 268 g/mol. The van der Waals surface area contributed by atoms with E-state index in [0.29, 0.717) is 12.6 Å². The first-order valence-corrected chi connectivity index (χ1v) is 7.22. The molecule has 0 heterocycles. The predicted molar refractivity (Wildman–Crippen MR) is 78.2 cm³/mol. The number of amides is 1. The zero-order chi connectivity index (χ0) is 14.3. The van der Waals surface area contributed by atoms with Crippen LogP contribution in [0.4, 0.5) is 4.79 Å². The topological polar surface area (TPSA) is 50.4 Å². The molecule has 0 aromatic carbocycles. The summed E-state index contributed by atoms with van der Waals surface area (Å²) >= 11 is 0. The third-order valence-electron chi connectivity index (χ3n) is 3.15. The molecule has 0 aromatic rings. The molecule has 0 aromatic heterocycles. The summed E-state index contributed by atoms with van der Waals surface area (Å²) in [6, 6.07) is 0.665. The minimum atomic E-state index is -0.436. The lowest BCUT2D eigenvalue weighted by Gasteiger charge is -2.19. The molecule has 1 aliphatic carbocycles. The molecule has 0 radical (unpaired) electrons. The van der Waals surface area contributed by atoms with Crippen molar-refractivity contribution in [2.24, 2.45) is 5.92 Å². The molecule has 0 saturated heterocycles. The van der Waals surface area contributed by atoms with E-state index in [2.05, 4.69) is 23.6 Å². The summed E-state index contributed by atoms with van der Waals surface area (Å²) in [5, 5.41) is 6.21. The van der Waals surface area contributed by atoms with Crippen molar-refractivity contribution >= 4 is 6.09 Å². The van der Waals surface area contributed by atoms with Crippen LogP contribution in [0.1, 0.15) is 47.0 Å². The van der Waals surface area contributed by atoms with Crippen molar-refractivity contribution in [1.29, 1.82) is 0 Å². The van der Waals surface area contributed by atoms with Crippen molar-refractivity contribution in [2.75, 3.05) is 13.1 Å². The van der Waals surface area contributed by atoms with Crippen LogP contribution in [0.15, 0.2) is 12.2 Å². The van der Waals surface area contributed by atoms with Gasteiger partial charge in [-0.15, -0.1) is 0 Å². The fraction of sp³-hybridized carbons (Fsp3) is 0.800. The maximum Gasteiger partial charge on any atom is 0.407 e. The van der Waals surface area contributed by atoms with E-state index in [-0.39, 0.29) is 6.09 Å². The van der Waals surface area contributed by atoms with E-state index in [1.165, 1.54) is 19.3 Å². The second-order valence-corrected chi connectivity index (χ2v) is 6.38. The van der Waals surface area contributed by atoms with Gasteiger partial charge in [-0.3, -0.25) is 0 Å². The minimum absolute atomic E-state index is 0.366. The molecule has 0 aliphatic heterocycles. The van der Waals surface area contributed by atoms with Crippen LogP contribution < -0.4 is 10.6 Å². The van der Waals surface area contributed by atoms with Crippen LogP contribution in [-0.4, -0.2) is 30.8 Å². The van der Waals surface area contributed by atoms with Gasteiger partial charge in [0.25, 0.3) is 0 Å². The summed E-state index contributed by atoms with van der Waals surface area (Å²) in [4.78, 5) is 11.4. The van der Waals surface area contributed by atoms with E-state index in [9.17, 15) is 4.79 Å². The van der Waals surface area contributed by atoms with Gasteiger partial charge in [0.1, 0.15) is 5.60 Å². The highest BCUT2D eigenvalue weighted by Gasteiger charge is 2.19. The van der Waals surface area contributed by atoms with Gasteiger partial charge in [0.2, 0.25) is 0 Å². The van der Waals surface area contributed by atoms with Crippen LogP contribution >= 0.6 is 0 Å². The minimum Gasteiger partial charge on any atom is -0.444 e. The molecule has 19 heavy (non-hydrogen) atoms. The number of alkyl carbamates (subject to hydrolysis) is 1. The highest BCUT2D eigenvalue weighted by Crippen LogP contribution is 2.24. The molecule has 4 heteroatoms. The van der Waals surface area contributed by atoms with Crippen molar-refractivity contribution in [1.82, 2.24) is 10.6 Å². The third kappa shape index (κ3) is 7.88. The lowest BCUT2D eigenvalue weighted by Crippen LogP contribution is -2.32. The second kappa shape index (κ2) is 7.53. The molecule has 2 atom stereocenters. The van der Waals surface area contributed by atoms with Crippen molar-refractivity contribution in [3.63, 3.8) is 0 Å². The van der Waals surface area contributed by atoms with E-state index in [4.69, 9.17) is 4.74 Å².